The van der Waals surface area contributed by atoms with Gasteiger partial charge in [-0.3, -0.25) is 9.59 Å². The number of rotatable bonds is 14. The molecule has 0 heterocycles. The van der Waals surface area contributed by atoms with Crippen molar-refractivity contribution in [2.45, 2.75) is 94.9 Å². The molecule has 3 aromatic carbocycles. The minimum Gasteiger partial charge on any atom is -0.508 e. The van der Waals surface area contributed by atoms with Crippen LogP contribution in [0.15, 0.2) is 78.9 Å². The fourth-order valence-electron chi connectivity index (χ4n) is 7.01. The van der Waals surface area contributed by atoms with Crippen LogP contribution in [-0.2, 0) is 28.9 Å². The first-order valence-electron chi connectivity index (χ1n) is 16.2. The number of fused-ring (bicyclic) bond motifs is 1. The van der Waals surface area contributed by atoms with Crippen LogP contribution in [0.1, 0.15) is 79.7 Å². The van der Waals surface area contributed by atoms with E-state index in [-0.39, 0.29) is 41.9 Å². The third kappa shape index (κ3) is 8.93. The highest BCUT2D eigenvalue weighted by molar-refractivity contribution is 5.77. The molecule has 234 valence electrons. The Balaban J connectivity index is 1.27. The molecule has 1 saturated carbocycles. The Kier molecular flexibility index (Phi) is 11.1. The number of hydrogen-bond donors (Lipinski definition) is 5. The number of amides is 2. The molecule has 5 atom stereocenters. The fourth-order valence-corrected chi connectivity index (χ4v) is 7.01. The summed E-state index contributed by atoms with van der Waals surface area (Å²) in [5.41, 5.74) is 4.06. The van der Waals surface area contributed by atoms with Crippen molar-refractivity contribution >= 4 is 11.8 Å². The van der Waals surface area contributed by atoms with Gasteiger partial charge in [-0.1, -0.05) is 79.6 Å². The van der Waals surface area contributed by atoms with Gasteiger partial charge < -0.3 is 26.0 Å². The van der Waals surface area contributed by atoms with Crippen LogP contribution >= 0.6 is 0 Å². The molecule has 7 nitrogen and oxygen atoms in total. The highest BCUT2D eigenvalue weighted by atomic mass is 16.3. The normalized spacial score (nSPS) is 20.0. The molecule has 0 spiro atoms. The lowest BCUT2D eigenvalue weighted by atomic mass is 9.82. The number of nitrogens with one attached hydrogen (secondary N) is 2. The van der Waals surface area contributed by atoms with Crippen molar-refractivity contribution in [3.63, 3.8) is 0 Å². The molecule has 0 bridgehead atoms. The summed E-state index contributed by atoms with van der Waals surface area (Å²) >= 11 is 0. The number of aromatic hydroxyl groups is 1. The summed E-state index contributed by atoms with van der Waals surface area (Å²) in [6, 6.07) is 24.6. The van der Waals surface area contributed by atoms with Crippen molar-refractivity contribution in [2.75, 3.05) is 0 Å². The van der Waals surface area contributed by atoms with Crippen molar-refractivity contribution < 1.29 is 24.9 Å². The number of aliphatic hydroxyl groups excluding tert-OH is 2. The number of phenols is 1. The first kappa shape index (κ1) is 31.7. The van der Waals surface area contributed by atoms with Gasteiger partial charge in [0.1, 0.15) is 5.75 Å². The molecule has 44 heavy (non-hydrogen) atoms. The number of aliphatic hydroxyl groups is 2. The summed E-state index contributed by atoms with van der Waals surface area (Å²) in [6.45, 7) is 0. The quantitative estimate of drug-likeness (QED) is 0.176. The molecule has 0 aliphatic heterocycles. The molecule has 3 aromatic rings. The summed E-state index contributed by atoms with van der Waals surface area (Å²) in [7, 11) is 0. The van der Waals surface area contributed by atoms with Gasteiger partial charge in [0.05, 0.1) is 18.2 Å². The Morgan fingerprint density at radius 3 is 2.25 bits per heavy atom. The topological polar surface area (TPSA) is 119 Å². The van der Waals surface area contributed by atoms with E-state index in [1.54, 1.807) is 12.1 Å². The molecular formula is C37H46N2O5. The van der Waals surface area contributed by atoms with Gasteiger partial charge in [0.2, 0.25) is 11.8 Å². The number of carbonyl (C=O) groups is 2. The molecule has 1 fully saturated rings. The van der Waals surface area contributed by atoms with Crippen molar-refractivity contribution in [3.05, 3.63) is 101 Å². The van der Waals surface area contributed by atoms with Crippen LogP contribution < -0.4 is 10.6 Å². The van der Waals surface area contributed by atoms with Gasteiger partial charge in [-0.25, -0.2) is 0 Å². The third-order valence-corrected chi connectivity index (χ3v) is 9.38. The van der Waals surface area contributed by atoms with Crippen LogP contribution in [0.3, 0.4) is 0 Å². The average Bonchev–Trinajstić information content (AvgIpc) is 3.64. The van der Waals surface area contributed by atoms with Crippen LogP contribution in [0.5, 0.6) is 5.75 Å². The zero-order valence-electron chi connectivity index (χ0n) is 25.4. The predicted molar refractivity (Wildman–Crippen MR) is 171 cm³/mol. The minimum absolute atomic E-state index is 0.0394. The molecule has 2 aliphatic carbocycles. The zero-order valence-corrected chi connectivity index (χ0v) is 25.4. The largest absolute Gasteiger partial charge is 0.508 e. The van der Waals surface area contributed by atoms with E-state index in [0.717, 1.165) is 47.9 Å². The monoisotopic (exact) mass is 598 g/mol. The first-order chi connectivity index (χ1) is 21.3. The van der Waals surface area contributed by atoms with Crippen molar-refractivity contribution in [1.82, 2.24) is 10.6 Å². The Bertz CT molecular complexity index is 1360. The van der Waals surface area contributed by atoms with Gasteiger partial charge in [0.15, 0.2) is 0 Å². The zero-order chi connectivity index (χ0) is 30.9. The third-order valence-electron chi connectivity index (χ3n) is 9.38. The SMILES string of the molecule is O=C(CC[C@H](Cc1ccccc1)[C@@H](O)C[C@H](CC(=O)N[C@H]1c2ccccc2C[C@H]1O)Cc1ccc(O)cc1)NC1CCCC1. The molecule has 2 amide bonds. The van der Waals surface area contributed by atoms with E-state index in [9.17, 15) is 24.9 Å². The predicted octanol–water partition coefficient (Wildman–Crippen LogP) is 5.16. The van der Waals surface area contributed by atoms with Gasteiger partial charge >= 0.3 is 0 Å². The number of hydrogen-bond acceptors (Lipinski definition) is 5. The van der Waals surface area contributed by atoms with E-state index in [1.807, 2.05) is 66.7 Å². The van der Waals surface area contributed by atoms with Crippen LogP contribution in [-0.4, -0.2) is 45.4 Å². The van der Waals surface area contributed by atoms with Gasteiger partial charge in [-0.05, 0) is 84.7 Å². The minimum atomic E-state index is -0.720. The maximum atomic E-state index is 13.4. The Morgan fingerprint density at radius 2 is 1.50 bits per heavy atom. The number of carbonyl (C=O) groups excluding carboxylic acids is 2. The first-order valence-corrected chi connectivity index (χ1v) is 16.2. The summed E-state index contributed by atoms with van der Waals surface area (Å²) < 4.78 is 0. The highest BCUT2D eigenvalue weighted by Gasteiger charge is 2.33. The molecule has 0 unspecified atom stereocenters. The average molecular weight is 599 g/mol. The molecule has 0 saturated heterocycles. The standard InChI is InChI=1S/C37H46N2O5/c40-31-17-14-26(15-18-31)20-27(23-36(44)39-37-32-13-7-4-10-28(32)24-34(37)42)22-33(41)29(21-25-8-2-1-3-9-25)16-19-35(43)38-30-11-5-6-12-30/h1-4,7-10,13-15,17-18,27,29-30,33-34,37,40-42H,5-6,11-12,16,19-24H2,(H,38,43)(H,39,44)/t27-,29-,33+,34-,37+/m1/s1. The van der Waals surface area contributed by atoms with Gasteiger partial charge in [0.25, 0.3) is 0 Å². The lowest BCUT2D eigenvalue weighted by molar-refractivity contribution is -0.124. The van der Waals surface area contributed by atoms with E-state index >= 15 is 0 Å². The molecule has 5 N–H and O–H groups in total. The van der Waals surface area contributed by atoms with Crippen molar-refractivity contribution in [2.24, 2.45) is 11.8 Å². The fraction of sp³-hybridized carbons (Fsp3) is 0.459. The summed E-state index contributed by atoms with van der Waals surface area (Å²) in [4.78, 5) is 26.2. The Morgan fingerprint density at radius 1 is 0.818 bits per heavy atom. The van der Waals surface area contributed by atoms with E-state index in [2.05, 4.69) is 10.6 Å². The van der Waals surface area contributed by atoms with Crippen LogP contribution in [0.2, 0.25) is 0 Å². The van der Waals surface area contributed by atoms with Crippen LogP contribution in [0.25, 0.3) is 0 Å². The molecule has 0 radical (unpaired) electrons. The van der Waals surface area contributed by atoms with Crippen molar-refractivity contribution in [1.29, 1.82) is 0 Å². The van der Waals surface area contributed by atoms with Crippen molar-refractivity contribution in [3.8, 4) is 5.75 Å². The summed E-state index contributed by atoms with van der Waals surface area (Å²) in [6.07, 6.45) is 6.16. The van der Waals surface area contributed by atoms with E-state index in [0.29, 0.717) is 38.5 Å². The smallest absolute Gasteiger partial charge is 0.220 e. The Labute approximate surface area is 260 Å². The maximum Gasteiger partial charge on any atom is 0.220 e. The second kappa shape index (κ2) is 15.4. The van der Waals surface area contributed by atoms with Gasteiger partial charge in [0, 0.05) is 25.3 Å². The van der Waals surface area contributed by atoms with E-state index < -0.39 is 18.2 Å². The summed E-state index contributed by atoms with van der Waals surface area (Å²) in [5, 5.41) is 38.4. The van der Waals surface area contributed by atoms with Crippen LogP contribution in [0.4, 0.5) is 0 Å². The van der Waals surface area contributed by atoms with Crippen LogP contribution in [0, 0.1) is 11.8 Å². The van der Waals surface area contributed by atoms with Gasteiger partial charge in [-0.15, -0.1) is 0 Å². The molecule has 7 heteroatoms. The number of phenolic OH excluding ortho intramolecular Hbond substituents is 1. The second-order valence-electron chi connectivity index (χ2n) is 12.8. The molecule has 2 aliphatic rings. The van der Waals surface area contributed by atoms with E-state index in [4.69, 9.17) is 0 Å². The molecule has 5 rings (SSSR count). The lowest BCUT2D eigenvalue weighted by Crippen LogP contribution is -2.36. The molecule has 0 aromatic heterocycles. The second-order valence-corrected chi connectivity index (χ2v) is 12.8. The lowest BCUT2D eigenvalue weighted by Gasteiger charge is -2.28. The van der Waals surface area contributed by atoms with Gasteiger partial charge in [-0.2, -0.15) is 0 Å². The molecular weight excluding hydrogens is 552 g/mol. The summed E-state index contributed by atoms with van der Waals surface area (Å²) in [5.74, 6) is -0.291. The Hall–Kier alpha value is -3.68. The number of benzene rings is 3. The van der Waals surface area contributed by atoms with E-state index in [1.165, 1.54) is 0 Å². The highest BCUT2D eigenvalue weighted by Crippen LogP contribution is 2.32. The maximum absolute atomic E-state index is 13.4.